The van der Waals surface area contributed by atoms with E-state index in [-0.39, 0.29) is 18.6 Å². The van der Waals surface area contributed by atoms with Gasteiger partial charge in [-0.2, -0.15) is 0 Å². The standard InChI is InChI=1S/C12H18N2O2S/c1-8(2)6-9(7-15)14-11(16)10-4-3-5-13-12(10)17/h3-5,8-9,15H,6-7H2,1-2H3,(H,13,17)(H,14,16). The molecule has 4 nitrogen and oxygen atoms in total. The van der Waals surface area contributed by atoms with Crippen LogP contribution in [0.3, 0.4) is 0 Å². The Morgan fingerprint density at radius 2 is 2.29 bits per heavy atom. The van der Waals surface area contributed by atoms with Crippen LogP contribution in [0.2, 0.25) is 0 Å². The fourth-order valence-corrected chi connectivity index (χ4v) is 1.84. The van der Waals surface area contributed by atoms with E-state index in [9.17, 15) is 9.90 Å². The summed E-state index contributed by atoms with van der Waals surface area (Å²) in [5, 5.41) is 12.0. The zero-order valence-electron chi connectivity index (χ0n) is 10.1. The van der Waals surface area contributed by atoms with E-state index < -0.39 is 0 Å². The van der Waals surface area contributed by atoms with Crippen LogP contribution >= 0.6 is 12.2 Å². The Morgan fingerprint density at radius 3 is 2.82 bits per heavy atom. The van der Waals surface area contributed by atoms with Gasteiger partial charge in [0.2, 0.25) is 0 Å². The van der Waals surface area contributed by atoms with E-state index in [0.29, 0.717) is 16.1 Å². The first-order valence-corrected chi connectivity index (χ1v) is 6.04. The monoisotopic (exact) mass is 254 g/mol. The van der Waals surface area contributed by atoms with Crippen molar-refractivity contribution in [3.8, 4) is 0 Å². The van der Waals surface area contributed by atoms with Gasteiger partial charge in [-0.05, 0) is 24.5 Å². The third-order valence-electron chi connectivity index (χ3n) is 2.37. The molecule has 1 amide bonds. The van der Waals surface area contributed by atoms with E-state index in [1.54, 1.807) is 18.3 Å². The molecule has 0 radical (unpaired) electrons. The molecular formula is C12H18N2O2S. The van der Waals surface area contributed by atoms with Crippen LogP contribution in [0.25, 0.3) is 0 Å². The zero-order valence-corrected chi connectivity index (χ0v) is 10.9. The van der Waals surface area contributed by atoms with Crippen molar-refractivity contribution in [2.24, 2.45) is 5.92 Å². The summed E-state index contributed by atoms with van der Waals surface area (Å²) in [6.07, 6.45) is 2.42. The smallest absolute Gasteiger partial charge is 0.254 e. The molecule has 0 aliphatic carbocycles. The number of carbonyl (C=O) groups excluding carboxylic acids is 1. The number of rotatable bonds is 5. The summed E-state index contributed by atoms with van der Waals surface area (Å²) in [4.78, 5) is 14.7. The molecule has 17 heavy (non-hydrogen) atoms. The van der Waals surface area contributed by atoms with E-state index in [1.807, 2.05) is 13.8 Å². The molecule has 0 bridgehead atoms. The van der Waals surface area contributed by atoms with Crippen LogP contribution < -0.4 is 5.32 Å². The molecule has 1 aromatic heterocycles. The topological polar surface area (TPSA) is 65.1 Å². The number of H-pyrrole nitrogens is 1. The van der Waals surface area contributed by atoms with Gasteiger partial charge in [0.15, 0.2) is 0 Å². The maximum absolute atomic E-state index is 11.9. The SMILES string of the molecule is CC(C)CC(CO)NC(=O)c1ccc[nH]c1=S. The highest BCUT2D eigenvalue weighted by molar-refractivity contribution is 7.71. The van der Waals surface area contributed by atoms with Crippen LogP contribution in [0.15, 0.2) is 18.3 Å². The Hall–Kier alpha value is -1.20. The summed E-state index contributed by atoms with van der Waals surface area (Å²) in [5.41, 5.74) is 0.435. The van der Waals surface area contributed by atoms with Gasteiger partial charge in [0.05, 0.1) is 18.2 Å². The van der Waals surface area contributed by atoms with Crippen molar-refractivity contribution >= 4 is 18.1 Å². The van der Waals surface area contributed by atoms with Gasteiger partial charge >= 0.3 is 0 Å². The first kappa shape index (κ1) is 13.9. The van der Waals surface area contributed by atoms with Crippen LogP contribution in [0, 0.1) is 10.6 Å². The van der Waals surface area contributed by atoms with E-state index >= 15 is 0 Å². The minimum absolute atomic E-state index is 0.0623. The fourth-order valence-electron chi connectivity index (χ4n) is 1.61. The predicted molar refractivity (Wildman–Crippen MR) is 69.4 cm³/mol. The van der Waals surface area contributed by atoms with Gasteiger partial charge in [0, 0.05) is 6.20 Å². The number of hydrogen-bond donors (Lipinski definition) is 3. The molecule has 0 spiro atoms. The van der Waals surface area contributed by atoms with Gasteiger partial charge in [0.1, 0.15) is 4.64 Å². The van der Waals surface area contributed by atoms with Gasteiger partial charge in [-0.1, -0.05) is 26.1 Å². The number of pyridine rings is 1. The minimum atomic E-state index is -0.244. The lowest BCUT2D eigenvalue weighted by Gasteiger charge is -2.18. The lowest BCUT2D eigenvalue weighted by molar-refractivity contribution is 0.0907. The molecule has 1 heterocycles. The maximum atomic E-state index is 11.9. The Balaban J connectivity index is 2.71. The van der Waals surface area contributed by atoms with Crippen molar-refractivity contribution in [3.05, 3.63) is 28.5 Å². The molecule has 1 rings (SSSR count). The van der Waals surface area contributed by atoms with Crippen molar-refractivity contribution < 1.29 is 9.90 Å². The number of nitrogens with one attached hydrogen (secondary N) is 2. The third kappa shape index (κ3) is 4.28. The van der Waals surface area contributed by atoms with E-state index in [2.05, 4.69) is 10.3 Å². The van der Waals surface area contributed by atoms with Gasteiger partial charge < -0.3 is 15.4 Å². The second kappa shape index (κ2) is 6.51. The van der Waals surface area contributed by atoms with Gasteiger partial charge in [0.25, 0.3) is 5.91 Å². The number of aromatic nitrogens is 1. The van der Waals surface area contributed by atoms with Crippen LogP contribution in [0.4, 0.5) is 0 Å². The van der Waals surface area contributed by atoms with Crippen molar-refractivity contribution in [2.75, 3.05) is 6.61 Å². The second-order valence-corrected chi connectivity index (χ2v) is 4.80. The Bertz CT molecular complexity index is 429. The van der Waals surface area contributed by atoms with Crippen LogP contribution in [-0.2, 0) is 0 Å². The van der Waals surface area contributed by atoms with Crippen molar-refractivity contribution in [1.82, 2.24) is 10.3 Å². The van der Waals surface area contributed by atoms with Crippen molar-refractivity contribution in [1.29, 1.82) is 0 Å². The van der Waals surface area contributed by atoms with Gasteiger partial charge in [-0.25, -0.2) is 0 Å². The van der Waals surface area contributed by atoms with Crippen molar-refractivity contribution in [2.45, 2.75) is 26.3 Å². The molecular weight excluding hydrogens is 236 g/mol. The summed E-state index contributed by atoms with van der Waals surface area (Å²) in [6.45, 7) is 4.03. The molecule has 3 N–H and O–H groups in total. The Labute approximate surface area is 106 Å². The highest BCUT2D eigenvalue weighted by Gasteiger charge is 2.15. The molecule has 0 aromatic carbocycles. The first-order chi connectivity index (χ1) is 8.04. The molecule has 1 aromatic rings. The minimum Gasteiger partial charge on any atom is -0.394 e. The molecule has 5 heteroatoms. The summed E-state index contributed by atoms with van der Waals surface area (Å²) >= 11 is 5.03. The number of hydrogen-bond acceptors (Lipinski definition) is 3. The molecule has 0 saturated carbocycles. The van der Waals surface area contributed by atoms with Gasteiger partial charge in [-0.15, -0.1) is 0 Å². The molecule has 0 fully saturated rings. The average Bonchev–Trinajstić information content (AvgIpc) is 2.27. The Kier molecular flexibility index (Phi) is 5.31. The first-order valence-electron chi connectivity index (χ1n) is 5.64. The van der Waals surface area contributed by atoms with Crippen LogP contribution in [0.1, 0.15) is 30.6 Å². The van der Waals surface area contributed by atoms with E-state index in [4.69, 9.17) is 12.2 Å². The van der Waals surface area contributed by atoms with Crippen molar-refractivity contribution in [3.63, 3.8) is 0 Å². The number of aromatic amines is 1. The van der Waals surface area contributed by atoms with Crippen LogP contribution in [-0.4, -0.2) is 28.6 Å². The third-order valence-corrected chi connectivity index (χ3v) is 2.71. The quantitative estimate of drug-likeness (QED) is 0.703. The van der Waals surface area contributed by atoms with Gasteiger partial charge in [-0.3, -0.25) is 4.79 Å². The molecule has 0 aliphatic rings. The number of aliphatic hydroxyl groups is 1. The summed E-state index contributed by atoms with van der Waals surface area (Å²) in [7, 11) is 0. The Morgan fingerprint density at radius 1 is 1.59 bits per heavy atom. The maximum Gasteiger partial charge on any atom is 0.254 e. The fraction of sp³-hybridized carbons (Fsp3) is 0.500. The normalized spacial score (nSPS) is 12.5. The molecule has 1 unspecified atom stereocenters. The molecule has 0 saturated heterocycles. The highest BCUT2D eigenvalue weighted by Crippen LogP contribution is 2.06. The summed E-state index contributed by atoms with van der Waals surface area (Å²) < 4.78 is 0.409. The average molecular weight is 254 g/mol. The summed E-state index contributed by atoms with van der Waals surface area (Å²) in [6, 6.07) is 3.16. The number of amides is 1. The zero-order chi connectivity index (χ0) is 12.8. The summed E-state index contributed by atoms with van der Waals surface area (Å²) in [5.74, 6) is 0.171. The molecule has 0 aliphatic heterocycles. The molecule has 1 atom stereocenters. The molecule has 94 valence electrons. The van der Waals surface area contributed by atoms with E-state index in [0.717, 1.165) is 6.42 Å². The van der Waals surface area contributed by atoms with E-state index in [1.165, 1.54) is 0 Å². The highest BCUT2D eigenvalue weighted by atomic mass is 32.1. The second-order valence-electron chi connectivity index (χ2n) is 4.40. The van der Waals surface area contributed by atoms with Crippen LogP contribution in [0.5, 0.6) is 0 Å². The predicted octanol–water partition coefficient (Wildman–Crippen LogP) is 1.88. The number of carbonyl (C=O) groups is 1. The number of aliphatic hydroxyl groups excluding tert-OH is 1. The lowest BCUT2D eigenvalue weighted by atomic mass is 10.0. The lowest BCUT2D eigenvalue weighted by Crippen LogP contribution is -2.38. The largest absolute Gasteiger partial charge is 0.394 e.